The van der Waals surface area contributed by atoms with Gasteiger partial charge in [0.1, 0.15) is 0 Å². The highest BCUT2D eigenvalue weighted by Crippen LogP contribution is 2.34. The van der Waals surface area contributed by atoms with Crippen molar-refractivity contribution in [2.45, 2.75) is 38.7 Å². The van der Waals surface area contributed by atoms with Crippen LogP contribution in [0.4, 0.5) is 5.69 Å². The van der Waals surface area contributed by atoms with Crippen LogP contribution in [0.1, 0.15) is 41.0 Å². The molecule has 2 heterocycles. The standard InChI is InChI=1S/C17H19NO2S/c1-2-11-8-12-5-6-16(20)18-17(12)14(9-11)15(19)10-13-4-3-7-21-13/h3-4,7-9,15,19H,2,5-6,10H2,1H3,(H,18,20). The third-order valence-corrected chi connectivity index (χ3v) is 4.84. The van der Waals surface area contributed by atoms with Crippen molar-refractivity contribution in [3.05, 3.63) is 51.2 Å². The number of benzene rings is 1. The number of hydrogen-bond acceptors (Lipinski definition) is 3. The minimum Gasteiger partial charge on any atom is -0.388 e. The molecule has 3 rings (SSSR count). The number of aliphatic hydroxyl groups is 1. The number of hydrogen-bond donors (Lipinski definition) is 2. The van der Waals surface area contributed by atoms with Crippen LogP contribution in [0.2, 0.25) is 0 Å². The van der Waals surface area contributed by atoms with E-state index in [1.54, 1.807) is 11.3 Å². The lowest BCUT2D eigenvalue weighted by Crippen LogP contribution is -2.22. The van der Waals surface area contributed by atoms with Gasteiger partial charge in [-0.15, -0.1) is 11.3 Å². The fourth-order valence-electron chi connectivity index (χ4n) is 2.79. The molecule has 0 fully saturated rings. The predicted octanol–water partition coefficient (Wildman–Crippen LogP) is 3.47. The monoisotopic (exact) mass is 301 g/mol. The van der Waals surface area contributed by atoms with Gasteiger partial charge in [0.05, 0.1) is 6.10 Å². The fraction of sp³-hybridized carbons (Fsp3) is 0.353. The summed E-state index contributed by atoms with van der Waals surface area (Å²) >= 11 is 1.65. The van der Waals surface area contributed by atoms with Crippen LogP contribution >= 0.6 is 11.3 Å². The van der Waals surface area contributed by atoms with E-state index in [1.807, 2.05) is 23.6 Å². The van der Waals surface area contributed by atoms with Gasteiger partial charge in [-0.3, -0.25) is 4.79 Å². The van der Waals surface area contributed by atoms with Crippen LogP contribution in [0.3, 0.4) is 0 Å². The van der Waals surface area contributed by atoms with Crippen LogP contribution in [0.15, 0.2) is 29.6 Å². The van der Waals surface area contributed by atoms with Crippen molar-refractivity contribution in [1.82, 2.24) is 0 Å². The van der Waals surface area contributed by atoms with Gasteiger partial charge < -0.3 is 10.4 Å². The van der Waals surface area contributed by atoms with Crippen molar-refractivity contribution in [2.75, 3.05) is 5.32 Å². The Kier molecular flexibility index (Phi) is 4.08. The van der Waals surface area contributed by atoms with Gasteiger partial charge in [0, 0.05) is 29.0 Å². The maximum Gasteiger partial charge on any atom is 0.224 e. The summed E-state index contributed by atoms with van der Waals surface area (Å²) in [5, 5.41) is 15.6. The quantitative estimate of drug-likeness (QED) is 0.908. The zero-order valence-corrected chi connectivity index (χ0v) is 12.9. The smallest absolute Gasteiger partial charge is 0.224 e. The molecule has 110 valence electrons. The molecule has 1 aromatic carbocycles. The molecule has 4 heteroatoms. The summed E-state index contributed by atoms with van der Waals surface area (Å²) in [4.78, 5) is 12.8. The third kappa shape index (κ3) is 3.01. The van der Waals surface area contributed by atoms with Gasteiger partial charge in [-0.2, -0.15) is 0 Å². The lowest BCUT2D eigenvalue weighted by atomic mass is 9.92. The molecule has 2 aromatic rings. The average Bonchev–Trinajstić information content (AvgIpc) is 2.99. The van der Waals surface area contributed by atoms with E-state index in [0.29, 0.717) is 12.8 Å². The van der Waals surface area contributed by atoms with Gasteiger partial charge >= 0.3 is 0 Å². The SMILES string of the molecule is CCc1cc2c(c(C(O)Cc3cccs3)c1)NC(=O)CC2. The van der Waals surface area contributed by atoms with Gasteiger partial charge in [0.25, 0.3) is 0 Å². The number of aliphatic hydroxyl groups excluding tert-OH is 1. The van der Waals surface area contributed by atoms with Crippen LogP contribution in [-0.2, 0) is 24.1 Å². The van der Waals surface area contributed by atoms with Crippen molar-refractivity contribution < 1.29 is 9.90 Å². The predicted molar refractivity (Wildman–Crippen MR) is 85.8 cm³/mol. The van der Waals surface area contributed by atoms with E-state index in [9.17, 15) is 9.90 Å². The largest absolute Gasteiger partial charge is 0.388 e. The van der Waals surface area contributed by atoms with Crippen molar-refractivity contribution in [1.29, 1.82) is 0 Å². The molecule has 1 amide bonds. The minimum atomic E-state index is -0.581. The Labute approximate surface area is 128 Å². The second kappa shape index (κ2) is 6.00. The number of fused-ring (bicyclic) bond motifs is 1. The maximum absolute atomic E-state index is 11.7. The van der Waals surface area contributed by atoms with E-state index < -0.39 is 6.10 Å². The first-order valence-corrected chi connectivity index (χ1v) is 8.21. The number of carbonyl (C=O) groups is 1. The van der Waals surface area contributed by atoms with Crippen molar-refractivity contribution in [3.63, 3.8) is 0 Å². The summed E-state index contributed by atoms with van der Waals surface area (Å²) in [6.45, 7) is 2.11. The van der Waals surface area contributed by atoms with Gasteiger partial charge in [-0.25, -0.2) is 0 Å². The number of carbonyl (C=O) groups excluding carboxylic acids is 1. The molecule has 1 aromatic heterocycles. The summed E-state index contributed by atoms with van der Waals surface area (Å²) in [6.07, 6.45) is 2.23. The zero-order valence-electron chi connectivity index (χ0n) is 12.1. The number of rotatable bonds is 4. The highest BCUT2D eigenvalue weighted by Gasteiger charge is 2.22. The number of amides is 1. The molecule has 21 heavy (non-hydrogen) atoms. The molecular formula is C17H19NO2S. The van der Waals surface area contributed by atoms with Gasteiger partial charge in [0.2, 0.25) is 5.91 Å². The molecule has 1 aliphatic heterocycles. The Balaban J connectivity index is 1.97. The van der Waals surface area contributed by atoms with E-state index in [0.717, 1.165) is 34.5 Å². The van der Waals surface area contributed by atoms with E-state index in [2.05, 4.69) is 18.3 Å². The lowest BCUT2D eigenvalue weighted by Gasteiger charge is -2.24. The summed E-state index contributed by atoms with van der Waals surface area (Å²) in [5.74, 6) is 0.0383. The van der Waals surface area contributed by atoms with Crippen molar-refractivity contribution in [3.8, 4) is 0 Å². The molecule has 0 bridgehead atoms. The summed E-state index contributed by atoms with van der Waals surface area (Å²) in [6, 6.07) is 8.20. The minimum absolute atomic E-state index is 0.0383. The van der Waals surface area contributed by atoms with E-state index in [-0.39, 0.29) is 5.91 Å². The molecule has 1 atom stereocenters. The Hall–Kier alpha value is -1.65. The molecule has 3 nitrogen and oxygen atoms in total. The summed E-state index contributed by atoms with van der Waals surface area (Å²) < 4.78 is 0. The van der Waals surface area contributed by atoms with Crippen molar-refractivity contribution >= 4 is 22.9 Å². The lowest BCUT2D eigenvalue weighted by molar-refractivity contribution is -0.116. The fourth-order valence-corrected chi connectivity index (χ4v) is 3.53. The number of anilines is 1. The molecule has 0 saturated carbocycles. The Morgan fingerprint density at radius 3 is 2.95 bits per heavy atom. The number of thiophene rings is 1. The zero-order chi connectivity index (χ0) is 14.8. The first kappa shape index (κ1) is 14.3. The molecule has 0 radical (unpaired) electrons. The Bertz CT molecular complexity index is 649. The molecule has 2 N–H and O–H groups in total. The Morgan fingerprint density at radius 2 is 2.24 bits per heavy atom. The molecule has 1 aliphatic rings. The number of aryl methyl sites for hydroxylation is 2. The first-order chi connectivity index (χ1) is 10.2. The third-order valence-electron chi connectivity index (χ3n) is 3.94. The van der Waals surface area contributed by atoms with Gasteiger partial charge in [-0.1, -0.05) is 25.1 Å². The van der Waals surface area contributed by atoms with Crippen LogP contribution in [0, 0.1) is 0 Å². The topological polar surface area (TPSA) is 49.3 Å². The number of nitrogens with one attached hydrogen (secondary N) is 1. The highest BCUT2D eigenvalue weighted by atomic mass is 32.1. The molecule has 0 spiro atoms. The van der Waals surface area contributed by atoms with Crippen LogP contribution in [0.5, 0.6) is 0 Å². The maximum atomic E-state index is 11.7. The molecule has 1 unspecified atom stereocenters. The van der Waals surface area contributed by atoms with Crippen LogP contribution in [-0.4, -0.2) is 11.0 Å². The second-order valence-electron chi connectivity index (χ2n) is 5.42. The molecular weight excluding hydrogens is 282 g/mol. The van der Waals surface area contributed by atoms with E-state index in [1.165, 1.54) is 5.56 Å². The first-order valence-electron chi connectivity index (χ1n) is 7.33. The average molecular weight is 301 g/mol. The van der Waals surface area contributed by atoms with Gasteiger partial charge in [0.15, 0.2) is 0 Å². The van der Waals surface area contributed by atoms with Gasteiger partial charge in [-0.05, 0) is 35.4 Å². The summed E-state index contributed by atoms with van der Waals surface area (Å²) in [7, 11) is 0. The molecule has 0 saturated heterocycles. The summed E-state index contributed by atoms with van der Waals surface area (Å²) in [5.41, 5.74) is 4.04. The van der Waals surface area contributed by atoms with Crippen LogP contribution in [0.25, 0.3) is 0 Å². The normalized spacial score (nSPS) is 15.4. The van der Waals surface area contributed by atoms with Crippen molar-refractivity contribution in [2.24, 2.45) is 0 Å². The van der Waals surface area contributed by atoms with E-state index in [4.69, 9.17) is 0 Å². The Morgan fingerprint density at radius 1 is 1.38 bits per heavy atom. The second-order valence-corrected chi connectivity index (χ2v) is 6.45. The van der Waals surface area contributed by atoms with E-state index >= 15 is 0 Å². The highest BCUT2D eigenvalue weighted by molar-refractivity contribution is 7.09. The van der Waals surface area contributed by atoms with Crippen LogP contribution < -0.4 is 5.32 Å². The molecule has 0 aliphatic carbocycles.